The lowest BCUT2D eigenvalue weighted by Crippen LogP contribution is -2.65. The average Bonchev–Trinajstić information content (AvgIpc) is 1.82. The normalized spacial score (nSPS) is 39.3. The topological polar surface area (TPSA) is 33.3 Å². The summed E-state index contributed by atoms with van der Waals surface area (Å²) in [4.78, 5) is 0. The van der Waals surface area contributed by atoms with Gasteiger partial charge in [-0.1, -0.05) is 0 Å². The third kappa shape index (κ3) is 1.55. The summed E-state index contributed by atoms with van der Waals surface area (Å²) in [7, 11) is 0. The SMILES string of the molecule is C1CNCC2(CCN2)COC1. The van der Waals surface area contributed by atoms with Crippen molar-refractivity contribution in [2.45, 2.75) is 18.4 Å². The molecule has 2 aliphatic heterocycles. The van der Waals surface area contributed by atoms with Crippen LogP contribution in [0.4, 0.5) is 0 Å². The van der Waals surface area contributed by atoms with Gasteiger partial charge in [0.05, 0.1) is 12.1 Å². The van der Waals surface area contributed by atoms with Gasteiger partial charge in [0, 0.05) is 13.2 Å². The lowest BCUT2D eigenvalue weighted by atomic mass is 9.88. The Bertz CT molecular complexity index is 124. The third-order valence-electron chi connectivity index (χ3n) is 2.59. The molecular formula is C8H16N2O. The molecule has 0 amide bonds. The van der Waals surface area contributed by atoms with E-state index in [0.29, 0.717) is 5.54 Å². The predicted octanol–water partition coefficient (Wildman–Crippen LogP) is -0.272. The summed E-state index contributed by atoms with van der Waals surface area (Å²) in [5.74, 6) is 0. The molecule has 1 spiro atoms. The molecule has 1 atom stereocenters. The smallest absolute Gasteiger partial charge is 0.0661 e. The van der Waals surface area contributed by atoms with Crippen LogP contribution in [0.2, 0.25) is 0 Å². The highest BCUT2D eigenvalue weighted by Crippen LogP contribution is 2.19. The fourth-order valence-electron chi connectivity index (χ4n) is 1.70. The van der Waals surface area contributed by atoms with Crippen LogP contribution in [0.5, 0.6) is 0 Å². The van der Waals surface area contributed by atoms with Crippen molar-refractivity contribution in [3.8, 4) is 0 Å². The first kappa shape index (κ1) is 7.53. The molecule has 2 heterocycles. The van der Waals surface area contributed by atoms with E-state index in [1.54, 1.807) is 0 Å². The quantitative estimate of drug-likeness (QED) is 0.506. The van der Waals surface area contributed by atoms with Crippen LogP contribution in [-0.2, 0) is 4.74 Å². The molecule has 3 heteroatoms. The van der Waals surface area contributed by atoms with Crippen LogP contribution in [0.15, 0.2) is 0 Å². The lowest BCUT2D eigenvalue weighted by molar-refractivity contribution is 0.0237. The van der Waals surface area contributed by atoms with Crippen LogP contribution in [0.3, 0.4) is 0 Å². The highest BCUT2D eigenvalue weighted by molar-refractivity contribution is 4.98. The van der Waals surface area contributed by atoms with E-state index in [1.165, 1.54) is 6.42 Å². The summed E-state index contributed by atoms with van der Waals surface area (Å²) in [5, 5.41) is 6.88. The number of ether oxygens (including phenoxy) is 1. The van der Waals surface area contributed by atoms with Gasteiger partial charge in [0.15, 0.2) is 0 Å². The van der Waals surface area contributed by atoms with Crippen LogP contribution >= 0.6 is 0 Å². The van der Waals surface area contributed by atoms with Gasteiger partial charge >= 0.3 is 0 Å². The Morgan fingerprint density at radius 1 is 1.27 bits per heavy atom. The summed E-state index contributed by atoms with van der Waals surface area (Å²) < 4.78 is 5.53. The molecule has 0 saturated carbocycles. The molecule has 3 nitrogen and oxygen atoms in total. The van der Waals surface area contributed by atoms with E-state index in [-0.39, 0.29) is 0 Å². The van der Waals surface area contributed by atoms with Crippen molar-refractivity contribution in [3.63, 3.8) is 0 Å². The number of hydrogen-bond acceptors (Lipinski definition) is 3. The highest BCUT2D eigenvalue weighted by atomic mass is 16.5. The molecule has 2 fully saturated rings. The first-order valence-electron chi connectivity index (χ1n) is 4.45. The van der Waals surface area contributed by atoms with Gasteiger partial charge in [-0.2, -0.15) is 0 Å². The second-order valence-electron chi connectivity index (χ2n) is 3.54. The maximum absolute atomic E-state index is 5.53. The van der Waals surface area contributed by atoms with Crippen LogP contribution < -0.4 is 10.6 Å². The van der Waals surface area contributed by atoms with Gasteiger partial charge in [0.2, 0.25) is 0 Å². The van der Waals surface area contributed by atoms with Crippen LogP contribution in [0.1, 0.15) is 12.8 Å². The highest BCUT2D eigenvalue weighted by Gasteiger charge is 2.36. The molecule has 2 aliphatic rings. The van der Waals surface area contributed by atoms with E-state index >= 15 is 0 Å². The van der Waals surface area contributed by atoms with Crippen molar-refractivity contribution in [3.05, 3.63) is 0 Å². The van der Waals surface area contributed by atoms with E-state index in [0.717, 1.165) is 39.3 Å². The minimum atomic E-state index is 0.292. The van der Waals surface area contributed by atoms with Gasteiger partial charge in [-0.3, -0.25) is 0 Å². The lowest BCUT2D eigenvalue weighted by Gasteiger charge is -2.44. The second kappa shape index (κ2) is 3.09. The minimum absolute atomic E-state index is 0.292. The molecule has 0 aliphatic carbocycles. The summed E-state index contributed by atoms with van der Waals surface area (Å²) >= 11 is 0. The molecule has 2 saturated heterocycles. The predicted molar refractivity (Wildman–Crippen MR) is 43.7 cm³/mol. The van der Waals surface area contributed by atoms with Crippen molar-refractivity contribution in [1.29, 1.82) is 0 Å². The Morgan fingerprint density at radius 2 is 2.18 bits per heavy atom. The molecule has 2 N–H and O–H groups in total. The van der Waals surface area contributed by atoms with E-state index in [1.807, 2.05) is 0 Å². The van der Waals surface area contributed by atoms with Crippen molar-refractivity contribution < 1.29 is 4.74 Å². The van der Waals surface area contributed by atoms with Gasteiger partial charge in [0.25, 0.3) is 0 Å². The molecule has 2 rings (SSSR count). The monoisotopic (exact) mass is 156 g/mol. The molecule has 11 heavy (non-hydrogen) atoms. The molecule has 0 aromatic heterocycles. The third-order valence-corrected chi connectivity index (χ3v) is 2.59. The molecular weight excluding hydrogens is 140 g/mol. The van der Waals surface area contributed by atoms with E-state index < -0.39 is 0 Å². The zero-order chi connectivity index (χ0) is 7.57. The van der Waals surface area contributed by atoms with Crippen molar-refractivity contribution in [2.75, 3.05) is 32.8 Å². The van der Waals surface area contributed by atoms with Crippen molar-refractivity contribution in [1.82, 2.24) is 10.6 Å². The van der Waals surface area contributed by atoms with Gasteiger partial charge in [-0.15, -0.1) is 0 Å². The van der Waals surface area contributed by atoms with Crippen LogP contribution in [0.25, 0.3) is 0 Å². The van der Waals surface area contributed by atoms with Crippen molar-refractivity contribution >= 4 is 0 Å². The number of hydrogen-bond donors (Lipinski definition) is 2. The fraction of sp³-hybridized carbons (Fsp3) is 1.00. The molecule has 0 aromatic carbocycles. The molecule has 0 radical (unpaired) electrons. The Kier molecular flexibility index (Phi) is 2.11. The van der Waals surface area contributed by atoms with E-state index in [2.05, 4.69) is 10.6 Å². The molecule has 1 unspecified atom stereocenters. The summed E-state index contributed by atoms with van der Waals surface area (Å²) in [5.41, 5.74) is 0.292. The average molecular weight is 156 g/mol. The Morgan fingerprint density at radius 3 is 2.91 bits per heavy atom. The Balaban J connectivity index is 1.86. The zero-order valence-electron chi connectivity index (χ0n) is 6.86. The first-order valence-corrected chi connectivity index (χ1v) is 4.45. The van der Waals surface area contributed by atoms with Crippen molar-refractivity contribution in [2.24, 2.45) is 0 Å². The zero-order valence-corrected chi connectivity index (χ0v) is 6.86. The van der Waals surface area contributed by atoms with Gasteiger partial charge in [-0.25, -0.2) is 0 Å². The van der Waals surface area contributed by atoms with Crippen LogP contribution in [-0.4, -0.2) is 38.4 Å². The van der Waals surface area contributed by atoms with E-state index in [9.17, 15) is 0 Å². The number of nitrogens with one attached hydrogen (secondary N) is 2. The molecule has 64 valence electrons. The standard InChI is InChI=1S/C8H16N2O/c1-3-9-6-8(2-4-10-8)7-11-5-1/h9-10H,1-7H2. The Hall–Kier alpha value is -0.120. The number of rotatable bonds is 0. The summed E-state index contributed by atoms with van der Waals surface area (Å²) in [6.45, 7) is 5.14. The fourth-order valence-corrected chi connectivity index (χ4v) is 1.70. The molecule has 0 aromatic rings. The summed E-state index contributed by atoms with van der Waals surface area (Å²) in [6.07, 6.45) is 2.41. The second-order valence-corrected chi connectivity index (χ2v) is 3.54. The van der Waals surface area contributed by atoms with Crippen LogP contribution in [0, 0.1) is 0 Å². The molecule has 0 bridgehead atoms. The van der Waals surface area contributed by atoms with Gasteiger partial charge < -0.3 is 15.4 Å². The Labute approximate surface area is 67.5 Å². The maximum Gasteiger partial charge on any atom is 0.0661 e. The van der Waals surface area contributed by atoms with Gasteiger partial charge in [-0.05, 0) is 25.9 Å². The minimum Gasteiger partial charge on any atom is -0.379 e. The first-order chi connectivity index (χ1) is 5.41. The summed E-state index contributed by atoms with van der Waals surface area (Å²) in [6, 6.07) is 0. The largest absolute Gasteiger partial charge is 0.379 e. The maximum atomic E-state index is 5.53. The van der Waals surface area contributed by atoms with E-state index in [4.69, 9.17) is 4.74 Å². The van der Waals surface area contributed by atoms with Gasteiger partial charge in [0.1, 0.15) is 0 Å².